The second-order valence-electron chi connectivity index (χ2n) is 1.98. The third-order valence-electron chi connectivity index (χ3n) is 1.22. The van der Waals surface area contributed by atoms with Crippen LogP contribution in [0.5, 0.6) is 0 Å². The van der Waals surface area contributed by atoms with Crippen molar-refractivity contribution in [1.82, 2.24) is 15.4 Å². The predicted octanol–water partition coefficient (Wildman–Crippen LogP) is 0.326. The fourth-order valence-electron chi connectivity index (χ4n) is 0.643. The number of aryl methyl sites for hydroxylation is 1. The number of ether oxygens (including phenoxy) is 1. The van der Waals surface area contributed by atoms with Crippen LogP contribution in [0.4, 0.5) is 0 Å². The number of rotatable bonds is 2. The molecule has 1 aromatic heterocycles. The Morgan fingerprint density at radius 2 is 2.40 bits per heavy atom. The van der Waals surface area contributed by atoms with Crippen molar-refractivity contribution in [2.75, 3.05) is 7.11 Å². The Labute approximate surface area is 59.2 Å². The first-order valence-corrected chi connectivity index (χ1v) is 2.97. The molecule has 4 heteroatoms. The second-order valence-corrected chi connectivity index (χ2v) is 1.98. The molecule has 0 N–H and O–H groups in total. The molecule has 1 aromatic rings. The van der Waals surface area contributed by atoms with Crippen LogP contribution in [-0.4, -0.2) is 22.5 Å². The van der Waals surface area contributed by atoms with E-state index in [2.05, 4.69) is 15.4 Å². The molecule has 0 fully saturated rings. The molecule has 0 radical (unpaired) electrons. The van der Waals surface area contributed by atoms with Crippen molar-refractivity contribution in [1.29, 1.82) is 0 Å². The van der Waals surface area contributed by atoms with E-state index in [1.165, 1.54) is 0 Å². The summed E-state index contributed by atoms with van der Waals surface area (Å²) in [5, 5.41) is 10.9. The molecule has 0 unspecified atom stereocenters. The molecule has 0 saturated carbocycles. The van der Waals surface area contributed by atoms with Crippen molar-refractivity contribution in [2.24, 2.45) is 0 Å². The minimum atomic E-state index is 0.550. The summed E-state index contributed by atoms with van der Waals surface area (Å²) < 4.78 is 4.90. The Bertz CT molecular complexity index is 214. The van der Waals surface area contributed by atoms with E-state index in [4.69, 9.17) is 4.74 Å². The van der Waals surface area contributed by atoms with Crippen molar-refractivity contribution in [3.05, 3.63) is 17.5 Å². The first kappa shape index (κ1) is 7.08. The SMILES string of the molecule is COCc1cnnnc1C. The average molecular weight is 139 g/mol. The summed E-state index contributed by atoms with van der Waals surface area (Å²) in [6.45, 7) is 2.43. The van der Waals surface area contributed by atoms with Gasteiger partial charge in [0.2, 0.25) is 0 Å². The molecule has 0 aliphatic rings. The quantitative estimate of drug-likeness (QED) is 0.592. The van der Waals surface area contributed by atoms with Gasteiger partial charge in [-0.3, -0.25) is 0 Å². The van der Waals surface area contributed by atoms with Gasteiger partial charge in [-0.25, -0.2) is 0 Å². The Morgan fingerprint density at radius 1 is 1.60 bits per heavy atom. The van der Waals surface area contributed by atoms with Gasteiger partial charge in [-0.1, -0.05) is 0 Å². The summed E-state index contributed by atoms with van der Waals surface area (Å²) in [5.74, 6) is 0. The molecular weight excluding hydrogens is 130 g/mol. The first-order valence-electron chi connectivity index (χ1n) is 2.97. The Hall–Kier alpha value is -1.03. The topological polar surface area (TPSA) is 47.9 Å². The number of methoxy groups -OCH3 is 1. The van der Waals surface area contributed by atoms with Crippen LogP contribution in [0.3, 0.4) is 0 Å². The third-order valence-corrected chi connectivity index (χ3v) is 1.22. The van der Waals surface area contributed by atoms with Gasteiger partial charge in [-0.2, -0.15) is 0 Å². The Balaban J connectivity index is 2.81. The van der Waals surface area contributed by atoms with Gasteiger partial charge in [0.15, 0.2) is 0 Å². The molecule has 1 rings (SSSR count). The molecule has 4 nitrogen and oxygen atoms in total. The lowest BCUT2D eigenvalue weighted by molar-refractivity contribution is 0.183. The molecule has 0 saturated heterocycles. The molecular formula is C6H9N3O. The number of hydrogen-bond acceptors (Lipinski definition) is 4. The number of nitrogens with zero attached hydrogens (tertiary/aromatic N) is 3. The van der Waals surface area contributed by atoms with Crippen LogP contribution in [0.1, 0.15) is 11.3 Å². The fourth-order valence-corrected chi connectivity index (χ4v) is 0.643. The van der Waals surface area contributed by atoms with E-state index in [1.54, 1.807) is 13.3 Å². The summed E-state index contributed by atoms with van der Waals surface area (Å²) in [4.78, 5) is 0. The maximum absolute atomic E-state index is 4.90. The van der Waals surface area contributed by atoms with Gasteiger partial charge in [-0.15, -0.1) is 10.2 Å². The van der Waals surface area contributed by atoms with Gasteiger partial charge in [-0.05, 0) is 12.1 Å². The highest BCUT2D eigenvalue weighted by Gasteiger charge is 1.96. The van der Waals surface area contributed by atoms with E-state index in [9.17, 15) is 0 Å². The monoisotopic (exact) mass is 139 g/mol. The fraction of sp³-hybridized carbons (Fsp3) is 0.500. The minimum Gasteiger partial charge on any atom is -0.380 e. The van der Waals surface area contributed by atoms with Crippen molar-refractivity contribution in [2.45, 2.75) is 13.5 Å². The lowest BCUT2D eigenvalue weighted by Gasteiger charge is -1.98. The van der Waals surface area contributed by atoms with Gasteiger partial charge in [0.25, 0.3) is 0 Å². The zero-order valence-electron chi connectivity index (χ0n) is 6.03. The highest BCUT2D eigenvalue weighted by atomic mass is 16.5. The third kappa shape index (κ3) is 1.48. The second kappa shape index (κ2) is 3.22. The van der Waals surface area contributed by atoms with Gasteiger partial charge in [0.05, 0.1) is 18.5 Å². The minimum absolute atomic E-state index is 0.550. The highest BCUT2D eigenvalue weighted by molar-refractivity contribution is 5.10. The van der Waals surface area contributed by atoms with Gasteiger partial charge >= 0.3 is 0 Å². The zero-order chi connectivity index (χ0) is 7.40. The summed E-state index contributed by atoms with van der Waals surface area (Å²) in [6, 6.07) is 0. The smallest absolute Gasteiger partial charge is 0.0747 e. The molecule has 10 heavy (non-hydrogen) atoms. The van der Waals surface area contributed by atoms with Crippen LogP contribution >= 0.6 is 0 Å². The predicted molar refractivity (Wildman–Crippen MR) is 35.3 cm³/mol. The lowest BCUT2D eigenvalue weighted by atomic mass is 10.3. The average Bonchev–Trinajstić information content (AvgIpc) is 1.94. The van der Waals surface area contributed by atoms with Gasteiger partial charge in [0.1, 0.15) is 0 Å². The largest absolute Gasteiger partial charge is 0.380 e. The molecule has 54 valence electrons. The maximum atomic E-state index is 4.90. The van der Waals surface area contributed by atoms with Crippen LogP contribution in [0.25, 0.3) is 0 Å². The van der Waals surface area contributed by atoms with Crippen LogP contribution in [0.2, 0.25) is 0 Å². The molecule has 0 aromatic carbocycles. The van der Waals surface area contributed by atoms with Crippen LogP contribution in [0, 0.1) is 6.92 Å². The van der Waals surface area contributed by atoms with Crippen LogP contribution in [-0.2, 0) is 11.3 Å². The first-order chi connectivity index (χ1) is 4.84. The molecule has 0 bridgehead atoms. The molecule has 0 amide bonds. The number of aromatic nitrogens is 3. The van der Waals surface area contributed by atoms with Crippen molar-refractivity contribution >= 4 is 0 Å². The normalized spacial score (nSPS) is 9.80. The highest BCUT2D eigenvalue weighted by Crippen LogP contribution is 2.00. The van der Waals surface area contributed by atoms with Crippen LogP contribution in [0.15, 0.2) is 6.20 Å². The van der Waals surface area contributed by atoms with E-state index in [1.807, 2.05) is 6.92 Å². The summed E-state index contributed by atoms with van der Waals surface area (Å²) in [6.07, 6.45) is 1.66. The summed E-state index contributed by atoms with van der Waals surface area (Å²) in [7, 11) is 1.64. The van der Waals surface area contributed by atoms with Gasteiger partial charge < -0.3 is 4.74 Å². The molecule has 1 heterocycles. The Morgan fingerprint density at radius 3 is 3.00 bits per heavy atom. The molecule has 0 aliphatic carbocycles. The lowest BCUT2D eigenvalue weighted by Crippen LogP contribution is -1.98. The molecule has 0 spiro atoms. The van der Waals surface area contributed by atoms with Gasteiger partial charge in [0, 0.05) is 12.7 Å². The number of hydrogen-bond donors (Lipinski definition) is 0. The maximum Gasteiger partial charge on any atom is 0.0747 e. The van der Waals surface area contributed by atoms with E-state index in [0.717, 1.165) is 11.3 Å². The van der Waals surface area contributed by atoms with E-state index in [0.29, 0.717) is 6.61 Å². The van der Waals surface area contributed by atoms with Crippen LogP contribution < -0.4 is 0 Å². The van der Waals surface area contributed by atoms with E-state index in [-0.39, 0.29) is 0 Å². The molecule has 0 atom stereocenters. The zero-order valence-corrected chi connectivity index (χ0v) is 6.03. The Kier molecular flexibility index (Phi) is 2.28. The standard InChI is InChI=1S/C6H9N3O/c1-5-6(4-10-2)3-7-9-8-5/h3H,4H2,1-2H3. The van der Waals surface area contributed by atoms with Crippen molar-refractivity contribution < 1.29 is 4.74 Å². The van der Waals surface area contributed by atoms with E-state index < -0.39 is 0 Å². The summed E-state index contributed by atoms with van der Waals surface area (Å²) >= 11 is 0. The van der Waals surface area contributed by atoms with Crippen molar-refractivity contribution in [3.8, 4) is 0 Å². The van der Waals surface area contributed by atoms with E-state index >= 15 is 0 Å². The summed E-state index contributed by atoms with van der Waals surface area (Å²) in [5.41, 5.74) is 1.86. The molecule has 0 aliphatic heterocycles. The van der Waals surface area contributed by atoms with Crippen molar-refractivity contribution in [3.63, 3.8) is 0 Å².